The molecule has 1 N–H and O–H groups in total. The quantitative estimate of drug-likeness (QED) is 0.364. The Morgan fingerprint density at radius 3 is 2.72 bits per heavy atom. The zero-order chi connectivity index (χ0) is 20.5. The third kappa shape index (κ3) is 3.75. The van der Waals surface area contributed by atoms with E-state index < -0.39 is 5.63 Å². The van der Waals surface area contributed by atoms with Gasteiger partial charge in [0, 0.05) is 35.9 Å². The van der Waals surface area contributed by atoms with Crippen molar-refractivity contribution >= 4 is 34.3 Å². The molecule has 0 aliphatic carbocycles. The van der Waals surface area contributed by atoms with Gasteiger partial charge in [0.2, 0.25) is 0 Å². The lowest BCUT2D eigenvalue weighted by molar-refractivity contribution is 0.466. The van der Waals surface area contributed by atoms with Crippen molar-refractivity contribution in [1.82, 2.24) is 14.8 Å². The van der Waals surface area contributed by atoms with Gasteiger partial charge in [0.05, 0.1) is 5.02 Å². The van der Waals surface area contributed by atoms with Crippen LogP contribution in [0.4, 0.5) is 0 Å². The minimum Gasteiger partial charge on any atom is -0.508 e. The van der Waals surface area contributed by atoms with E-state index in [0.717, 1.165) is 22.1 Å². The third-order valence-electron chi connectivity index (χ3n) is 4.72. The molecule has 29 heavy (non-hydrogen) atoms. The van der Waals surface area contributed by atoms with Gasteiger partial charge in [-0.15, -0.1) is 10.2 Å². The standard InChI is InChI=1S/C21H18ClN3O3S/c1-3-12-8-15-13(9-19(27)28-18(15)10-17(12)26)11-29-21-24-23-20(25(21)2)14-6-4-5-7-16(14)22/h4-10,26H,3,11H2,1-2H3. The number of phenols is 1. The summed E-state index contributed by atoms with van der Waals surface area (Å²) < 4.78 is 7.14. The van der Waals surface area contributed by atoms with Gasteiger partial charge in [-0.2, -0.15) is 0 Å². The fourth-order valence-corrected chi connectivity index (χ4v) is 4.29. The molecule has 2 heterocycles. The van der Waals surface area contributed by atoms with E-state index in [1.165, 1.54) is 23.9 Å². The Kier molecular flexibility index (Phi) is 5.34. The molecule has 4 rings (SSSR count). The Labute approximate surface area is 176 Å². The first-order chi connectivity index (χ1) is 14.0. The van der Waals surface area contributed by atoms with E-state index in [1.807, 2.05) is 48.9 Å². The van der Waals surface area contributed by atoms with Crippen LogP contribution >= 0.6 is 23.4 Å². The Morgan fingerprint density at radius 1 is 1.17 bits per heavy atom. The molecule has 0 bridgehead atoms. The first-order valence-electron chi connectivity index (χ1n) is 9.03. The maximum absolute atomic E-state index is 12.0. The molecule has 0 saturated heterocycles. The molecule has 0 unspecified atom stereocenters. The second kappa shape index (κ2) is 7.93. The second-order valence-electron chi connectivity index (χ2n) is 6.56. The molecule has 0 spiro atoms. The van der Waals surface area contributed by atoms with E-state index >= 15 is 0 Å². The van der Waals surface area contributed by atoms with Gasteiger partial charge in [0.25, 0.3) is 0 Å². The van der Waals surface area contributed by atoms with Gasteiger partial charge in [-0.05, 0) is 35.7 Å². The first-order valence-corrected chi connectivity index (χ1v) is 10.4. The van der Waals surface area contributed by atoms with E-state index in [-0.39, 0.29) is 5.75 Å². The number of aromatic nitrogens is 3. The van der Waals surface area contributed by atoms with Crippen LogP contribution in [-0.4, -0.2) is 19.9 Å². The smallest absolute Gasteiger partial charge is 0.336 e. The van der Waals surface area contributed by atoms with Gasteiger partial charge in [0.15, 0.2) is 11.0 Å². The molecular weight excluding hydrogens is 410 g/mol. The molecule has 2 aromatic carbocycles. The number of aryl methyl sites for hydroxylation is 1. The third-order valence-corrected chi connectivity index (χ3v) is 6.12. The van der Waals surface area contributed by atoms with Gasteiger partial charge >= 0.3 is 5.63 Å². The predicted octanol–water partition coefficient (Wildman–Crippen LogP) is 4.80. The van der Waals surface area contributed by atoms with Crippen LogP contribution in [0.2, 0.25) is 5.02 Å². The summed E-state index contributed by atoms with van der Waals surface area (Å²) in [5.74, 6) is 1.31. The highest BCUT2D eigenvalue weighted by Gasteiger charge is 2.15. The van der Waals surface area contributed by atoms with Crippen LogP contribution in [0.5, 0.6) is 5.75 Å². The summed E-state index contributed by atoms with van der Waals surface area (Å²) in [6.07, 6.45) is 0.679. The monoisotopic (exact) mass is 427 g/mol. The summed E-state index contributed by atoms with van der Waals surface area (Å²) >= 11 is 7.75. The highest BCUT2D eigenvalue weighted by Crippen LogP contribution is 2.32. The van der Waals surface area contributed by atoms with Gasteiger partial charge in [-0.3, -0.25) is 0 Å². The van der Waals surface area contributed by atoms with Crippen LogP contribution < -0.4 is 5.63 Å². The molecule has 0 amide bonds. The summed E-state index contributed by atoms with van der Waals surface area (Å²) in [5.41, 5.74) is 2.35. The van der Waals surface area contributed by atoms with Crippen LogP contribution in [0.25, 0.3) is 22.4 Å². The van der Waals surface area contributed by atoms with E-state index in [1.54, 1.807) is 0 Å². The molecule has 0 aliphatic rings. The number of rotatable bonds is 5. The summed E-state index contributed by atoms with van der Waals surface area (Å²) in [4.78, 5) is 12.0. The van der Waals surface area contributed by atoms with Gasteiger partial charge in [0.1, 0.15) is 11.3 Å². The molecular formula is C21H18ClN3O3S. The Balaban J connectivity index is 1.67. The molecule has 6 nitrogen and oxygen atoms in total. The molecule has 148 valence electrons. The highest BCUT2D eigenvalue weighted by molar-refractivity contribution is 7.98. The molecule has 0 fully saturated rings. The van der Waals surface area contributed by atoms with Crippen molar-refractivity contribution in [1.29, 1.82) is 0 Å². The van der Waals surface area contributed by atoms with Crippen molar-refractivity contribution in [2.45, 2.75) is 24.3 Å². The molecule has 8 heteroatoms. The summed E-state index contributed by atoms with van der Waals surface area (Å²) in [5, 5.41) is 20.7. The Bertz CT molecular complexity index is 1270. The van der Waals surface area contributed by atoms with Gasteiger partial charge in [-0.25, -0.2) is 4.79 Å². The molecule has 2 aromatic heterocycles. The zero-order valence-corrected chi connectivity index (χ0v) is 17.4. The summed E-state index contributed by atoms with van der Waals surface area (Å²) in [7, 11) is 1.88. The largest absolute Gasteiger partial charge is 0.508 e. The van der Waals surface area contributed by atoms with Crippen molar-refractivity contribution < 1.29 is 9.52 Å². The number of phenolic OH excluding ortho intramolecular Hbond substituents is 1. The Hall–Kier alpha value is -2.77. The van der Waals surface area contributed by atoms with E-state index in [0.29, 0.717) is 33.8 Å². The average molecular weight is 428 g/mol. The molecule has 4 aromatic rings. The van der Waals surface area contributed by atoms with Gasteiger partial charge in [-0.1, -0.05) is 42.4 Å². The zero-order valence-electron chi connectivity index (χ0n) is 15.8. The number of nitrogens with zero attached hydrogens (tertiary/aromatic N) is 3. The SMILES string of the molecule is CCc1cc2c(CSc3nnc(-c4ccccc4Cl)n3C)cc(=O)oc2cc1O. The molecule has 0 atom stereocenters. The van der Waals surface area contributed by atoms with Crippen molar-refractivity contribution in [3.05, 3.63) is 69.0 Å². The van der Waals surface area contributed by atoms with Crippen molar-refractivity contribution in [3.63, 3.8) is 0 Å². The van der Waals surface area contributed by atoms with Crippen LogP contribution in [0.3, 0.4) is 0 Å². The molecule has 0 saturated carbocycles. The maximum atomic E-state index is 12.0. The van der Waals surface area contributed by atoms with E-state index in [2.05, 4.69) is 10.2 Å². The number of benzene rings is 2. The lowest BCUT2D eigenvalue weighted by atomic mass is 10.1. The van der Waals surface area contributed by atoms with E-state index in [4.69, 9.17) is 16.0 Å². The maximum Gasteiger partial charge on any atom is 0.336 e. The average Bonchev–Trinajstić information content (AvgIpc) is 3.06. The van der Waals surface area contributed by atoms with Crippen molar-refractivity contribution in [2.24, 2.45) is 7.05 Å². The number of thioether (sulfide) groups is 1. The normalized spacial score (nSPS) is 11.3. The topological polar surface area (TPSA) is 81.2 Å². The summed E-state index contributed by atoms with van der Waals surface area (Å²) in [6, 6.07) is 12.3. The number of fused-ring (bicyclic) bond motifs is 1. The minimum absolute atomic E-state index is 0.130. The summed E-state index contributed by atoms with van der Waals surface area (Å²) in [6.45, 7) is 1.96. The lowest BCUT2D eigenvalue weighted by Gasteiger charge is -2.09. The fourth-order valence-electron chi connectivity index (χ4n) is 3.17. The molecule has 0 radical (unpaired) electrons. The first kappa shape index (κ1) is 19.5. The van der Waals surface area contributed by atoms with Gasteiger partial charge < -0.3 is 14.1 Å². The van der Waals surface area contributed by atoms with Crippen molar-refractivity contribution in [2.75, 3.05) is 0 Å². The van der Waals surface area contributed by atoms with Crippen molar-refractivity contribution in [3.8, 4) is 17.1 Å². The number of aromatic hydroxyl groups is 1. The van der Waals surface area contributed by atoms with Crippen LogP contribution in [-0.2, 0) is 19.2 Å². The second-order valence-corrected chi connectivity index (χ2v) is 7.90. The number of hydrogen-bond acceptors (Lipinski definition) is 6. The number of halogens is 1. The lowest BCUT2D eigenvalue weighted by Crippen LogP contribution is -2.01. The Morgan fingerprint density at radius 2 is 1.97 bits per heavy atom. The van der Waals surface area contributed by atoms with Crippen LogP contribution in [0, 0.1) is 0 Å². The number of hydrogen-bond donors (Lipinski definition) is 1. The van der Waals surface area contributed by atoms with Crippen LogP contribution in [0.1, 0.15) is 18.1 Å². The highest BCUT2D eigenvalue weighted by atomic mass is 35.5. The van der Waals surface area contributed by atoms with Crippen LogP contribution in [0.15, 0.2) is 56.8 Å². The minimum atomic E-state index is -0.452. The fraction of sp³-hybridized carbons (Fsp3) is 0.190. The molecule has 0 aliphatic heterocycles. The predicted molar refractivity (Wildman–Crippen MR) is 115 cm³/mol. The van der Waals surface area contributed by atoms with E-state index in [9.17, 15) is 9.90 Å².